The van der Waals surface area contributed by atoms with Crippen molar-refractivity contribution in [1.29, 1.82) is 0 Å². The number of hydrogen-bond donors (Lipinski definition) is 1. The van der Waals surface area contributed by atoms with Gasteiger partial charge in [-0.1, -0.05) is 0 Å². The summed E-state index contributed by atoms with van der Waals surface area (Å²) in [5.74, 6) is -0.874. The van der Waals surface area contributed by atoms with Crippen molar-refractivity contribution >= 4 is 17.4 Å². The number of hydrogen-bond acceptors (Lipinski definition) is 2. The number of anilines is 1. The molecule has 14 heavy (non-hydrogen) atoms. The van der Waals surface area contributed by atoms with Crippen LogP contribution in [-0.2, 0) is 0 Å². The van der Waals surface area contributed by atoms with Gasteiger partial charge in [0.1, 0.15) is 5.82 Å². The number of nitrogens with one attached hydrogen (secondary N) is 1. The van der Waals surface area contributed by atoms with Gasteiger partial charge in [-0.25, -0.2) is 13.8 Å². The molecule has 5 heteroatoms. The van der Waals surface area contributed by atoms with E-state index in [2.05, 4.69) is 10.3 Å². The monoisotopic (exact) mass is 218 g/mol. The molecular formula is C9H9ClF2N2. The third-order valence-corrected chi connectivity index (χ3v) is 2.81. The van der Waals surface area contributed by atoms with Crippen LogP contribution in [0, 0.1) is 11.6 Å². The fraction of sp³-hybridized carbons (Fsp3) is 0.444. The molecule has 2 nitrogen and oxygen atoms in total. The van der Waals surface area contributed by atoms with Crippen LogP contribution in [-0.4, -0.2) is 16.4 Å². The maximum atomic E-state index is 13.1. The molecule has 0 atom stereocenters. The fourth-order valence-corrected chi connectivity index (χ4v) is 1.53. The van der Waals surface area contributed by atoms with E-state index < -0.39 is 11.6 Å². The highest BCUT2D eigenvalue weighted by atomic mass is 35.5. The van der Waals surface area contributed by atoms with E-state index >= 15 is 0 Å². The van der Waals surface area contributed by atoms with E-state index in [1.165, 1.54) is 0 Å². The van der Waals surface area contributed by atoms with Gasteiger partial charge in [-0.05, 0) is 12.8 Å². The topological polar surface area (TPSA) is 24.9 Å². The standard InChI is InChI=1S/C9H9ClF2N2/c10-5-9(1-2-9)14-8-7(12)3-6(11)4-13-8/h3-4H,1-2,5H2,(H,13,14). The summed E-state index contributed by atoms with van der Waals surface area (Å²) in [7, 11) is 0. The molecule has 0 spiro atoms. The molecule has 1 heterocycles. The molecule has 0 bridgehead atoms. The Hall–Kier alpha value is -0.900. The molecule has 1 aliphatic carbocycles. The molecule has 0 saturated heterocycles. The van der Waals surface area contributed by atoms with Crippen LogP contribution in [0.1, 0.15) is 12.8 Å². The van der Waals surface area contributed by atoms with E-state index in [0.717, 1.165) is 25.1 Å². The van der Waals surface area contributed by atoms with E-state index in [1.54, 1.807) is 0 Å². The third kappa shape index (κ3) is 1.80. The van der Waals surface area contributed by atoms with Crippen LogP contribution in [0.25, 0.3) is 0 Å². The molecule has 1 aliphatic rings. The van der Waals surface area contributed by atoms with Crippen molar-refractivity contribution in [1.82, 2.24) is 4.98 Å². The van der Waals surface area contributed by atoms with Gasteiger partial charge in [0.25, 0.3) is 0 Å². The molecule has 1 saturated carbocycles. The normalized spacial score (nSPS) is 17.9. The second kappa shape index (κ2) is 3.35. The lowest BCUT2D eigenvalue weighted by Crippen LogP contribution is -2.24. The summed E-state index contributed by atoms with van der Waals surface area (Å²) in [5, 5.41) is 2.89. The van der Waals surface area contributed by atoms with Crippen LogP contribution in [0.4, 0.5) is 14.6 Å². The first-order valence-corrected chi connectivity index (χ1v) is 4.84. The maximum absolute atomic E-state index is 13.1. The second-order valence-corrected chi connectivity index (χ2v) is 3.79. The Kier molecular flexibility index (Phi) is 2.31. The summed E-state index contributed by atoms with van der Waals surface area (Å²) in [6.07, 6.45) is 2.78. The highest BCUT2D eigenvalue weighted by Crippen LogP contribution is 2.39. The van der Waals surface area contributed by atoms with E-state index in [0.29, 0.717) is 5.88 Å². The zero-order chi connectivity index (χ0) is 10.2. The molecule has 0 radical (unpaired) electrons. The van der Waals surface area contributed by atoms with Crippen LogP contribution in [0.5, 0.6) is 0 Å². The van der Waals surface area contributed by atoms with Gasteiger partial charge < -0.3 is 5.32 Å². The van der Waals surface area contributed by atoms with E-state index in [9.17, 15) is 8.78 Å². The quantitative estimate of drug-likeness (QED) is 0.789. The summed E-state index contributed by atoms with van der Waals surface area (Å²) in [6, 6.07) is 0.805. The third-order valence-electron chi connectivity index (χ3n) is 2.30. The van der Waals surface area contributed by atoms with E-state index in [1.807, 2.05) is 0 Å². The second-order valence-electron chi connectivity index (χ2n) is 3.52. The largest absolute Gasteiger partial charge is 0.361 e. The first-order chi connectivity index (χ1) is 6.65. The average molecular weight is 219 g/mol. The number of pyridine rings is 1. The molecule has 1 aromatic rings. The number of rotatable bonds is 3. The van der Waals surface area contributed by atoms with E-state index in [4.69, 9.17) is 11.6 Å². The molecule has 76 valence electrons. The summed E-state index contributed by atoms with van der Waals surface area (Å²) in [4.78, 5) is 3.63. The Morgan fingerprint density at radius 1 is 1.50 bits per heavy atom. The van der Waals surface area contributed by atoms with Crippen molar-refractivity contribution in [2.24, 2.45) is 0 Å². The van der Waals surface area contributed by atoms with Crippen LogP contribution in [0.2, 0.25) is 0 Å². The summed E-state index contributed by atoms with van der Waals surface area (Å²) >= 11 is 5.70. The lowest BCUT2D eigenvalue weighted by molar-refractivity contribution is 0.573. The molecule has 0 aromatic carbocycles. The molecular weight excluding hydrogens is 210 g/mol. The number of nitrogens with zero attached hydrogens (tertiary/aromatic N) is 1. The van der Waals surface area contributed by atoms with Gasteiger partial charge in [0.05, 0.1) is 11.7 Å². The smallest absolute Gasteiger partial charge is 0.168 e. The van der Waals surface area contributed by atoms with Gasteiger partial charge >= 0.3 is 0 Å². The zero-order valence-corrected chi connectivity index (χ0v) is 8.11. The Bertz CT molecular complexity index is 353. The SMILES string of the molecule is Fc1cnc(NC2(CCl)CC2)c(F)c1. The Morgan fingerprint density at radius 3 is 2.71 bits per heavy atom. The average Bonchev–Trinajstić information content (AvgIpc) is 2.91. The molecule has 0 aliphatic heterocycles. The summed E-state index contributed by atoms with van der Waals surface area (Å²) in [5.41, 5.74) is -0.229. The minimum Gasteiger partial charge on any atom is -0.361 e. The van der Waals surface area contributed by atoms with Crippen LogP contribution in [0.3, 0.4) is 0 Å². The lowest BCUT2D eigenvalue weighted by atomic mass is 10.3. The zero-order valence-electron chi connectivity index (χ0n) is 7.36. The van der Waals surface area contributed by atoms with Gasteiger partial charge in [-0.3, -0.25) is 0 Å². The van der Waals surface area contributed by atoms with Crippen molar-refractivity contribution in [3.05, 3.63) is 23.9 Å². The highest BCUT2D eigenvalue weighted by molar-refractivity contribution is 6.19. The molecule has 1 fully saturated rings. The van der Waals surface area contributed by atoms with E-state index in [-0.39, 0.29) is 11.4 Å². The number of halogens is 3. The van der Waals surface area contributed by atoms with Crippen molar-refractivity contribution in [2.45, 2.75) is 18.4 Å². The van der Waals surface area contributed by atoms with Gasteiger partial charge in [0.2, 0.25) is 0 Å². The first kappa shape index (κ1) is 9.65. The van der Waals surface area contributed by atoms with Crippen LogP contribution >= 0.6 is 11.6 Å². The van der Waals surface area contributed by atoms with Gasteiger partial charge in [0.15, 0.2) is 11.6 Å². The Morgan fingerprint density at radius 2 is 2.21 bits per heavy atom. The predicted molar refractivity (Wildman–Crippen MR) is 50.5 cm³/mol. The molecule has 0 amide bonds. The van der Waals surface area contributed by atoms with Gasteiger partial charge in [-0.15, -0.1) is 11.6 Å². The minimum atomic E-state index is -0.679. The van der Waals surface area contributed by atoms with Crippen molar-refractivity contribution in [2.75, 3.05) is 11.2 Å². The number of aromatic nitrogens is 1. The van der Waals surface area contributed by atoms with Crippen molar-refractivity contribution in [3.63, 3.8) is 0 Å². The fourth-order valence-electron chi connectivity index (χ4n) is 1.20. The predicted octanol–water partition coefficient (Wildman–Crippen LogP) is 2.54. The Balaban J connectivity index is 2.17. The highest BCUT2D eigenvalue weighted by Gasteiger charge is 2.42. The first-order valence-electron chi connectivity index (χ1n) is 4.30. The molecule has 1 N–H and O–H groups in total. The summed E-state index contributed by atoms with van der Waals surface area (Å²) in [6.45, 7) is 0. The van der Waals surface area contributed by atoms with Crippen molar-refractivity contribution < 1.29 is 8.78 Å². The molecule has 2 rings (SSSR count). The van der Waals surface area contributed by atoms with Gasteiger partial charge in [-0.2, -0.15) is 0 Å². The summed E-state index contributed by atoms with van der Waals surface area (Å²) < 4.78 is 25.7. The van der Waals surface area contributed by atoms with Crippen LogP contribution in [0.15, 0.2) is 12.3 Å². The van der Waals surface area contributed by atoms with Gasteiger partial charge in [0, 0.05) is 11.9 Å². The maximum Gasteiger partial charge on any atom is 0.168 e. The van der Waals surface area contributed by atoms with Crippen LogP contribution < -0.4 is 5.32 Å². The lowest BCUT2D eigenvalue weighted by Gasteiger charge is -2.14. The minimum absolute atomic E-state index is 0.0737. The van der Waals surface area contributed by atoms with Crippen molar-refractivity contribution in [3.8, 4) is 0 Å². The molecule has 0 unspecified atom stereocenters. The molecule has 1 aromatic heterocycles. The Labute approximate surface area is 85.3 Å². The number of alkyl halides is 1.